The number of pyridine rings is 1. The summed E-state index contributed by atoms with van der Waals surface area (Å²) in [5.41, 5.74) is -4.08. The minimum Gasteiger partial charge on any atom is -0.490 e. The lowest BCUT2D eigenvalue weighted by Crippen LogP contribution is -2.28. The highest BCUT2D eigenvalue weighted by molar-refractivity contribution is 7.88. The lowest BCUT2D eigenvalue weighted by Gasteiger charge is -2.14. The van der Waals surface area contributed by atoms with E-state index in [-0.39, 0.29) is 12.4 Å². The van der Waals surface area contributed by atoms with Gasteiger partial charge in [0.25, 0.3) is 0 Å². The molecule has 0 unspecified atom stereocenters. The maximum absolute atomic E-state index is 12.4. The standard InChI is InChI=1S/C15H14F3NO4S/c1-2-22-14-10-11(9-12-5-3-4-8-19-12)6-7-13(14)23-24(20,21)15(16,17)18/h3-8,10H,2,9H2,1H3. The van der Waals surface area contributed by atoms with Gasteiger partial charge in [0, 0.05) is 18.3 Å². The molecule has 0 saturated heterocycles. The molecule has 2 aromatic rings. The molecule has 0 saturated carbocycles. The van der Waals surface area contributed by atoms with Crippen LogP contribution in [0, 0.1) is 0 Å². The Hall–Kier alpha value is -2.29. The third-order valence-corrected chi connectivity index (χ3v) is 3.87. The van der Waals surface area contributed by atoms with Crippen molar-refractivity contribution in [3.63, 3.8) is 0 Å². The molecule has 0 spiro atoms. The van der Waals surface area contributed by atoms with E-state index in [1.54, 1.807) is 31.3 Å². The third kappa shape index (κ3) is 4.38. The summed E-state index contributed by atoms with van der Waals surface area (Å²) < 4.78 is 69.0. The van der Waals surface area contributed by atoms with Crippen molar-refractivity contribution in [1.29, 1.82) is 0 Å². The van der Waals surface area contributed by atoms with Crippen LogP contribution in [0.2, 0.25) is 0 Å². The Labute approximate surface area is 137 Å². The molecule has 1 aromatic heterocycles. The molecule has 0 N–H and O–H groups in total. The van der Waals surface area contributed by atoms with Gasteiger partial charge < -0.3 is 8.92 Å². The first-order chi connectivity index (χ1) is 11.2. The second-order valence-electron chi connectivity index (χ2n) is 4.70. The fourth-order valence-electron chi connectivity index (χ4n) is 1.88. The van der Waals surface area contributed by atoms with E-state index in [0.29, 0.717) is 12.0 Å². The summed E-state index contributed by atoms with van der Waals surface area (Å²) in [5, 5.41) is 0. The van der Waals surface area contributed by atoms with E-state index >= 15 is 0 Å². The smallest absolute Gasteiger partial charge is 0.490 e. The maximum atomic E-state index is 12.4. The Bertz CT molecular complexity index is 792. The molecule has 0 atom stereocenters. The SMILES string of the molecule is CCOc1cc(Cc2ccccn2)ccc1OS(=O)(=O)C(F)(F)F. The molecule has 0 bridgehead atoms. The summed E-state index contributed by atoms with van der Waals surface area (Å²) in [6.07, 6.45) is 2.03. The van der Waals surface area contributed by atoms with Crippen molar-refractivity contribution in [1.82, 2.24) is 4.98 Å². The second-order valence-corrected chi connectivity index (χ2v) is 6.23. The molecule has 24 heavy (non-hydrogen) atoms. The number of rotatable bonds is 6. The zero-order valence-corrected chi connectivity index (χ0v) is 13.4. The first-order valence-corrected chi connectivity index (χ1v) is 8.30. The number of ether oxygens (including phenoxy) is 1. The van der Waals surface area contributed by atoms with E-state index < -0.39 is 21.4 Å². The minimum atomic E-state index is -5.76. The molecule has 1 heterocycles. The van der Waals surface area contributed by atoms with Gasteiger partial charge in [0.05, 0.1) is 6.61 Å². The summed E-state index contributed by atoms with van der Waals surface area (Å²) in [4.78, 5) is 4.15. The zero-order chi connectivity index (χ0) is 17.8. The van der Waals surface area contributed by atoms with E-state index in [4.69, 9.17) is 4.74 Å². The molecule has 5 nitrogen and oxygen atoms in total. The van der Waals surface area contributed by atoms with Crippen LogP contribution in [0.15, 0.2) is 42.6 Å². The third-order valence-electron chi connectivity index (χ3n) is 2.90. The average Bonchev–Trinajstić information content (AvgIpc) is 2.50. The highest BCUT2D eigenvalue weighted by Crippen LogP contribution is 2.34. The van der Waals surface area contributed by atoms with E-state index in [0.717, 1.165) is 11.8 Å². The largest absolute Gasteiger partial charge is 0.534 e. The number of hydrogen-bond acceptors (Lipinski definition) is 5. The molecular weight excluding hydrogens is 347 g/mol. The highest BCUT2D eigenvalue weighted by atomic mass is 32.2. The van der Waals surface area contributed by atoms with Crippen LogP contribution in [0.5, 0.6) is 11.5 Å². The normalized spacial score (nSPS) is 12.0. The highest BCUT2D eigenvalue weighted by Gasteiger charge is 2.48. The van der Waals surface area contributed by atoms with Gasteiger partial charge in [-0.05, 0) is 36.8 Å². The Morgan fingerprint density at radius 3 is 2.46 bits per heavy atom. The summed E-state index contributed by atoms with van der Waals surface area (Å²) in [6, 6.07) is 9.37. The van der Waals surface area contributed by atoms with Gasteiger partial charge in [-0.1, -0.05) is 12.1 Å². The van der Waals surface area contributed by atoms with Crippen LogP contribution in [0.1, 0.15) is 18.2 Å². The van der Waals surface area contributed by atoms with Crippen molar-refractivity contribution < 1.29 is 30.5 Å². The van der Waals surface area contributed by atoms with Crippen LogP contribution < -0.4 is 8.92 Å². The first kappa shape index (κ1) is 18.1. The number of halogens is 3. The number of alkyl halides is 3. The van der Waals surface area contributed by atoms with E-state index in [1.165, 1.54) is 12.1 Å². The van der Waals surface area contributed by atoms with E-state index in [2.05, 4.69) is 9.17 Å². The monoisotopic (exact) mass is 361 g/mol. The van der Waals surface area contributed by atoms with Crippen LogP contribution in [0.3, 0.4) is 0 Å². The Kier molecular flexibility index (Phi) is 5.33. The average molecular weight is 361 g/mol. The topological polar surface area (TPSA) is 65.5 Å². The van der Waals surface area contributed by atoms with Crippen molar-refractivity contribution in [2.75, 3.05) is 6.61 Å². The Morgan fingerprint density at radius 2 is 1.88 bits per heavy atom. The van der Waals surface area contributed by atoms with Gasteiger partial charge in [0.1, 0.15) is 0 Å². The lowest BCUT2D eigenvalue weighted by atomic mass is 10.1. The van der Waals surface area contributed by atoms with Crippen molar-refractivity contribution in [2.45, 2.75) is 18.9 Å². The van der Waals surface area contributed by atoms with Crippen LogP contribution in [0.25, 0.3) is 0 Å². The fraction of sp³-hybridized carbons (Fsp3) is 0.267. The van der Waals surface area contributed by atoms with Gasteiger partial charge in [0.2, 0.25) is 0 Å². The van der Waals surface area contributed by atoms with E-state index in [1.807, 2.05) is 0 Å². The number of hydrogen-bond donors (Lipinski definition) is 0. The summed E-state index contributed by atoms with van der Waals surface area (Å²) in [6.45, 7) is 1.75. The Morgan fingerprint density at radius 1 is 1.12 bits per heavy atom. The lowest BCUT2D eigenvalue weighted by molar-refractivity contribution is -0.0500. The molecule has 0 radical (unpaired) electrons. The summed E-state index contributed by atoms with van der Waals surface area (Å²) in [7, 11) is -5.76. The van der Waals surface area contributed by atoms with Gasteiger partial charge in [-0.15, -0.1) is 0 Å². The van der Waals surface area contributed by atoms with Gasteiger partial charge in [-0.2, -0.15) is 21.6 Å². The first-order valence-electron chi connectivity index (χ1n) is 6.89. The number of aromatic nitrogens is 1. The number of nitrogens with zero attached hydrogens (tertiary/aromatic N) is 1. The van der Waals surface area contributed by atoms with Crippen molar-refractivity contribution in [3.8, 4) is 11.5 Å². The van der Waals surface area contributed by atoms with Gasteiger partial charge in [-0.25, -0.2) is 0 Å². The van der Waals surface area contributed by atoms with Crippen LogP contribution in [-0.4, -0.2) is 25.5 Å². The van der Waals surface area contributed by atoms with Crippen LogP contribution in [-0.2, 0) is 16.5 Å². The summed E-state index contributed by atoms with van der Waals surface area (Å²) in [5.74, 6) is -0.599. The Balaban J connectivity index is 2.30. The zero-order valence-electron chi connectivity index (χ0n) is 12.6. The molecule has 0 aliphatic heterocycles. The van der Waals surface area contributed by atoms with Crippen molar-refractivity contribution in [3.05, 3.63) is 53.9 Å². The quantitative estimate of drug-likeness (QED) is 0.583. The second kappa shape index (κ2) is 7.08. The minimum absolute atomic E-state index is 0.0845. The molecule has 2 rings (SSSR count). The van der Waals surface area contributed by atoms with Gasteiger partial charge in [-0.3, -0.25) is 4.98 Å². The summed E-state index contributed by atoms with van der Waals surface area (Å²) >= 11 is 0. The predicted octanol–water partition coefficient (Wildman–Crippen LogP) is 3.30. The molecule has 9 heteroatoms. The molecule has 0 aliphatic rings. The van der Waals surface area contributed by atoms with E-state index in [9.17, 15) is 21.6 Å². The molecule has 130 valence electrons. The van der Waals surface area contributed by atoms with Crippen LogP contribution >= 0.6 is 0 Å². The maximum Gasteiger partial charge on any atom is 0.534 e. The molecule has 1 aromatic carbocycles. The van der Waals surface area contributed by atoms with Gasteiger partial charge >= 0.3 is 15.6 Å². The molecule has 0 amide bonds. The molecule has 0 fully saturated rings. The fourth-order valence-corrected chi connectivity index (χ4v) is 2.35. The van der Waals surface area contributed by atoms with Gasteiger partial charge in [0.15, 0.2) is 11.5 Å². The van der Waals surface area contributed by atoms with Crippen molar-refractivity contribution >= 4 is 10.1 Å². The predicted molar refractivity (Wildman–Crippen MR) is 80.3 cm³/mol. The molecular formula is C15H14F3NO4S. The molecule has 0 aliphatic carbocycles. The number of benzene rings is 1. The van der Waals surface area contributed by atoms with Crippen LogP contribution in [0.4, 0.5) is 13.2 Å². The van der Waals surface area contributed by atoms with Crippen molar-refractivity contribution in [2.24, 2.45) is 0 Å².